The van der Waals surface area contributed by atoms with Gasteiger partial charge in [0.25, 0.3) is 0 Å². The fourth-order valence-corrected chi connectivity index (χ4v) is 3.06. The highest BCUT2D eigenvalue weighted by molar-refractivity contribution is 9.10. The Hall–Kier alpha value is -0.610. The van der Waals surface area contributed by atoms with Gasteiger partial charge in [-0.05, 0) is 59.4 Å². The average Bonchev–Trinajstić information content (AvgIpc) is 2.40. The molecule has 0 aliphatic carbocycles. The summed E-state index contributed by atoms with van der Waals surface area (Å²) in [6.45, 7) is 7.64. The third-order valence-electron chi connectivity index (χ3n) is 3.83. The Balaban J connectivity index is 1.99. The fraction of sp³-hybridized carbons (Fsp3) is 0.600. The molecule has 2 atom stereocenters. The standard InChI is InChI=1S/C15H22BrFN2/c1-3-7-18-15-6-8-19(10-11(15)2)12-4-5-14(17)13(16)9-12/h4-5,9,11,15,18H,3,6-8,10H2,1-2H3. The lowest BCUT2D eigenvalue weighted by Gasteiger charge is -2.38. The Bertz CT molecular complexity index is 425. The highest BCUT2D eigenvalue weighted by atomic mass is 79.9. The van der Waals surface area contributed by atoms with Crippen LogP contribution in [0.5, 0.6) is 0 Å². The van der Waals surface area contributed by atoms with Crippen molar-refractivity contribution in [3.8, 4) is 0 Å². The number of nitrogens with one attached hydrogen (secondary N) is 1. The van der Waals surface area contributed by atoms with Crippen LogP contribution in [0.4, 0.5) is 10.1 Å². The number of nitrogens with zero attached hydrogens (tertiary/aromatic N) is 1. The molecule has 1 aliphatic heterocycles. The molecule has 0 saturated carbocycles. The van der Waals surface area contributed by atoms with Gasteiger partial charge in [0.2, 0.25) is 0 Å². The van der Waals surface area contributed by atoms with Crippen molar-refractivity contribution < 1.29 is 4.39 Å². The number of piperidine rings is 1. The Kier molecular flexibility index (Phi) is 5.22. The monoisotopic (exact) mass is 328 g/mol. The Morgan fingerprint density at radius 3 is 2.89 bits per heavy atom. The van der Waals surface area contributed by atoms with E-state index in [9.17, 15) is 4.39 Å². The van der Waals surface area contributed by atoms with Gasteiger partial charge in [-0.3, -0.25) is 0 Å². The van der Waals surface area contributed by atoms with Crippen molar-refractivity contribution >= 4 is 21.6 Å². The molecule has 0 bridgehead atoms. The van der Waals surface area contributed by atoms with Gasteiger partial charge >= 0.3 is 0 Å². The van der Waals surface area contributed by atoms with E-state index in [0.29, 0.717) is 16.4 Å². The van der Waals surface area contributed by atoms with Gasteiger partial charge in [-0.15, -0.1) is 0 Å². The first-order chi connectivity index (χ1) is 9.11. The molecule has 1 heterocycles. The summed E-state index contributed by atoms with van der Waals surface area (Å²) in [5, 5.41) is 3.62. The van der Waals surface area contributed by atoms with Crippen LogP contribution in [0.2, 0.25) is 0 Å². The van der Waals surface area contributed by atoms with Gasteiger partial charge in [-0.1, -0.05) is 13.8 Å². The van der Waals surface area contributed by atoms with Crippen molar-refractivity contribution in [3.05, 3.63) is 28.5 Å². The summed E-state index contributed by atoms with van der Waals surface area (Å²) >= 11 is 3.26. The topological polar surface area (TPSA) is 15.3 Å². The fourth-order valence-electron chi connectivity index (χ4n) is 2.69. The third-order valence-corrected chi connectivity index (χ3v) is 4.44. The summed E-state index contributed by atoms with van der Waals surface area (Å²) in [5.41, 5.74) is 1.11. The van der Waals surface area contributed by atoms with E-state index in [1.807, 2.05) is 12.1 Å². The second kappa shape index (κ2) is 6.71. The Labute approximate surface area is 123 Å². The minimum Gasteiger partial charge on any atom is -0.371 e. The molecular weight excluding hydrogens is 307 g/mol. The normalized spacial score (nSPS) is 23.7. The molecule has 19 heavy (non-hydrogen) atoms. The SMILES string of the molecule is CCCNC1CCN(c2ccc(F)c(Br)c2)CC1C. The number of rotatable bonds is 4. The first kappa shape index (κ1) is 14.8. The summed E-state index contributed by atoms with van der Waals surface area (Å²) in [6.07, 6.45) is 2.33. The number of benzene rings is 1. The quantitative estimate of drug-likeness (QED) is 0.904. The van der Waals surface area contributed by atoms with Crippen LogP contribution in [0.25, 0.3) is 0 Å². The molecule has 1 fully saturated rings. The van der Waals surface area contributed by atoms with Crippen molar-refractivity contribution in [2.45, 2.75) is 32.7 Å². The predicted molar refractivity (Wildman–Crippen MR) is 82.2 cm³/mol. The molecule has 0 radical (unpaired) electrons. The Morgan fingerprint density at radius 1 is 1.47 bits per heavy atom. The van der Waals surface area contributed by atoms with Crippen LogP contribution in [-0.4, -0.2) is 25.7 Å². The maximum Gasteiger partial charge on any atom is 0.137 e. The van der Waals surface area contributed by atoms with E-state index < -0.39 is 0 Å². The van der Waals surface area contributed by atoms with Gasteiger partial charge < -0.3 is 10.2 Å². The van der Waals surface area contributed by atoms with E-state index in [1.54, 1.807) is 0 Å². The van der Waals surface area contributed by atoms with Crippen molar-refractivity contribution in [1.82, 2.24) is 5.32 Å². The molecule has 0 amide bonds. The van der Waals surface area contributed by atoms with Crippen molar-refractivity contribution in [3.63, 3.8) is 0 Å². The Morgan fingerprint density at radius 2 is 2.26 bits per heavy atom. The minimum atomic E-state index is -0.198. The zero-order valence-corrected chi connectivity index (χ0v) is 13.2. The lowest BCUT2D eigenvalue weighted by Crippen LogP contribution is -2.48. The lowest BCUT2D eigenvalue weighted by molar-refractivity contribution is 0.322. The number of halogens is 2. The predicted octanol–water partition coefficient (Wildman–Crippen LogP) is 3.80. The van der Waals surface area contributed by atoms with Gasteiger partial charge in [0.1, 0.15) is 5.82 Å². The van der Waals surface area contributed by atoms with Crippen molar-refractivity contribution in [1.29, 1.82) is 0 Å². The number of hydrogen-bond acceptors (Lipinski definition) is 2. The molecule has 106 valence electrons. The number of hydrogen-bond donors (Lipinski definition) is 1. The second-order valence-electron chi connectivity index (χ2n) is 5.37. The van der Waals surface area contributed by atoms with Crippen LogP contribution in [0.15, 0.2) is 22.7 Å². The number of anilines is 1. The van der Waals surface area contributed by atoms with Crippen molar-refractivity contribution in [2.24, 2.45) is 5.92 Å². The molecular formula is C15H22BrFN2. The van der Waals surface area contributed by atoms with Crippen LogP contribution >= 0.6 is 15.9 Å². The highest BCUT2D eigenvalue weighted by Crippen LogP contribution is 2.27. The van der Waals surface area contributed by atoms with E-state index in [2.05, 4.69) is 40.0 Å². The zero-order valence-electron chi connectivity index (χ0n) is 11.6. The molecule has 1 N–H and O–H groups in total. The molecule has 0 aromatic heterocycles. The van der Waals surface area contributed by atoms with Crippen LogP contribution in [-0.2, 0) is 0 Å². The molecule has 2 rings (SSSR count). The second-order valence-corrected chi connectivity index (χ2v) is 6.23. The van der Waals surface area contributed by atoms with E-state index in [4.69, 9.17) is 0 Å². The molecule has 0 spiro atoms. The van der Waals surface area contributed by atoms with Gasteiger partial charge in [0, 0.05) is 24.8 Å². The molecule has 2 nitrogen and oxygen atoms in total. The van der Waals surface area contributed by atoms with E-state index in [-0.39, 0.29) is 5.82 Å². The molecule has 1 saturated heterocycles. The van der Waals surface area contributed by atoms with Gasteiger partial charge in [0.05, 0.1) is 4.47 Å². The van der Waals surface area contributed by atoms with Crippen LogP contribution < -0.4 is 10.2 Å². The summed E-state index contributed by atoms with van der Waals surface area (Å²) < 4.78 is 13.8. The average molecular weight is 329 g/mol. The smallest absolute Gasteiger partial charge is 0.137 e. The van der Waals surface area contributed by atoms with E-state index in [0.717, 1.165) is 31.7 Å². The lowest BCUT2D eigenvalue weighted by atomic mass is 9.93. The van der Waals surface area contributed by atoms with Gasteiger partial charge in [-0.25, -0.2) is 4.39 Å². The van der Waals surface area contributed by atoms with Crippen LogP contribution in [0.3, 0.4) is 0 Å². The highest BCUT2D eigenvalue weighted by Gasteiger charge is 2.25. The van der Waals surface area contributed by atoms with E-state index >= 15 is 0 Å². The summed E-state index contributed by atoms with van der Waals surface area (Å²) in [5.74, 6) is 0.417. The summed E-state index contributed by atoms with van der Waals surface area (Å²) in [7, 11) is 0. The van der Waals surface area contributed by atoms with Crippen LogP contribution in [0, 0.1) is 11.7 Å². The first-order valence-electron chi connectivity index (χ1n) is 7.05. The molecule has 1 aromatic rings. The molecule has 1 aliphatic rings. The summed E-state index contributed by atoms with van der Waals surface area (Å²) in [4.78, 5) is 2.35. The third kappa shape index (κ3) is 3.69. The maximum atomic E-state index is 13.3. The van der Waals surface area contributed by atoms with Crippen molar-refractivity contribution in [2.75, 3.05) is 24.5 Å². The summed E-state index contributed by atoms with van der Waals surface area (Å²) in [6, 6.07) is 5.89. The van der Waals surface area contributed by atoms with Gasteiger partial charge in [-0.2, -0.15) is 0 Å². The first-order valence-corrected chi connectivity index (χ1v) is 7.84. The molecule has 2 unspecified atom stereocenters. The van der Waals surface area contributed by atoms with E-state index in [1.165, 1.54) is 12.5 Å². The maximum absolute atomic E-state index is 13.3. The molecule has 4 heteroatoms. The minimum absolute atomic E-state index is 0.198. The zero-order chi connectivity index (χ0) is 13.8. The van der Waals surface area contributed by atoms with Gasteiger partial charge in [0.15, 0.2) is 0 Å². The van der Waals surface area contributed by atoms with Crippen LogP contribution in [0.1, 0.15) is 26.7 Å². The largest absolute Gasteiger partial charge is 0.371 e. The molecule has 1 aromatic carbocycles.